The Morgan fingerprint density at radius 3 is 2.59 bits per heavy atom. The van der Waals surface area contributed by atoms with E-state index >= 15 is 0 Å². The molecule has 1 amide bonds. The van der Waals surface area contributed by atoms with Crippen LogP contribution in [0.3, 0.4) is 0 Å². The molecule has 2 aliphatic heterocycles. The fraction of sp³-hybridized carbons (Fsp3) is 0.579. The summed E-state index contributed by atoms with van der Waals surface area (Å²) >= 11 is 0. The van der Waals surface area contributed by atoms with Gasteiger partial charge < -0.3 is 14.7 Å². The lowest BCUT2D eigenvalue weighted by molar-refractivity contribution is -0.385. The van der Waals surface area contributed by atoms with Gasteiger partial charge in [0.05, 0.1) is 16.9 Å². The number of hydrogen-bond donors (Lipinski definition) is 1. The van der Waals surface area contributed by atoms with Gasteiger partial charge in [-0.05, 0) is 37.7 Å². The summed E-state index contributed by atoms with van der Waals surface area (Å²) < 4.78 is 5.66. The number of carboxylic acid groups (broad SMARTS) is 1. The van der Waals surface area contributed by atoms with Gasteiger partial charge in [0.25, 0.3) is 11.6 Å². The normalized spacial score (nSPS) is 23.4. The molecule has 3 rings (SSSR count). The molecule has 1 N–H and O–H groups in total. The van der Waals surface area contributed by atoms with E-state index in [1.54, 1.807) is 17.0 Å². The van der Waals surface area contributed by atoms with Crippen LogP contribution in [0.15, 0.2) is 18.2 Å². The summed E-state index contributed by atoms with van der Waals surface area (Å²) in [4.78, 5) is 36.6. The summed E-state index contributed by atoms with van der Waals surface area (Å²) in [5, 5.41) is 20.5. The number of nitrogens with zero attached hydrogens (tertiary/aromatic N) is 2. The number of nitro benzene ring substituents is 1. The van der Waals surface area contributed by atoms with Crippen LogP contribution in [0.4, 0.5) is 5.69 Å². The van der Waals surface area contributed by atoms with Gasteiger partial charge in [-0.2, -0.15) is 0 Å². The Bertz CT molecular complexity index is 742. The molecular formula is C19H24N2O6. The second kappa shape index (κ2) is 8.04. The number of carbonyl (C=O) groups is 2. The SMILES string of the molecule is CCc1ccc(C(=O)N2CCC([C@@H]3OCCC3C(=O)O)CC2)cc1[N+](=O)[O-]. The third kappa shape index (κ3) is 3.95. The van der Waals surface area contributed by atoms with Crippen molar-refractivity contribution in [2.75, 3.05) is 19.7 Å². The number of carbonyl (C=O) groups excluding carboxylic acids is 1. The lowest BCUT2D eigenvalue weighted by Gasteiger charge is -2.35. The van der Waals surface area contributed by atoms with Crippen LogP contribution in [-0.4, -0.2) is 52.6 Å². The summed E-state index contributed by atoms with van der Waals surface area (Å²) in [6, 6.07) is 4.64. The lowest BCUT2D eigenvalue weighted by atomic mass is 9.84. The zero-order valence-electron chi connectivity index (χ0n) is 15.3. The minimum absolute atomic E-state index is 0.0260. The molecule has 0 bridgehead atoms. The third-order valence-corrected chi connectivity index (χ3v) is 5.65. The maximum atomic E-state index is 12.8. The fourth-order valence-electron chi connectivity index (χ4n) is 4.12. The Labute approximate surface area is 157 Å². The van der Waals surface area contributed by atoms with Crippen molar-refractivity contribution in [3.8, 4) is 0 Å². The molecule has 8 nitrogen and oxygen atoms in total. The van der Waals surface area contributed by atoms with Gasteiger partial charge in [-0.25, -0.2) is 0 Å². The highest BCUT2D eigenvalue weighted by Crippen LogP contribution is 2.33. The fourth-order valence-corrected chi connectivity index (χ4v) is 4.12. The van der Waals surface area contributed by atoms with Crippen LogP contribution >= 0.6 is 0 Å². The van der Waals surface area contributed by atoms with Gasteiger partial charge in [0.15, 0.2) is 0 Å². The number of rotatable bonds is 5. The number of aryl methyl sites for hydroxylation is 1. The van der Waals surface area contributed by atoms with Gasteiger partial charge in [-0.1, -0.05) is 13.0 Å². The topological polar surface area (TPSA) is 110 Å². The van der Waals surface area contributed by atoms with Crippen LogP contribution < -0.4 is 0 Å². The van der Waals surface area contributed by atoms with Crippen LogP contribution in [0.2, 0.25) is 0 Å². The maximum Gasteiger partial charge on any atom is 0.309 e. The number of nitro groups is 1. The molecule has 0 aromatic heterocycles. The minimum Gasteiger partial charge on any atom is -0.481 e. The Morgan fingerprint density at radius 2 is 2.00 bits per heavy atom. The summed E-state index contributed by atoms with van der Waals surface area (Å²) in [5.41, 5.74) is 0.896. The monoisotopic (exact) mass is 376 g/mol. The first kappa shape index (κ1) is 19.3. The van der Waals surface area contributed by atoms with E-state index in [2.05, 4.69) is 0 Å². The number of hydrogen-bond acceptors (Lipinski definition) is 5. The van der Waals surface area contributed by atoms with Crippen LogP contribution in [0.25, 0.3) is 0 Å². The third-order valence-electron chi connectivity index (χ3n) is 5.65. The van der Waals surface area contributed by atoms with Gasteiger partial charge in [-0.3, -0.25) is 19.7 Å². The van der Waals surface area contributed by atoms with Crippen molar-refractivity contribution in [2.24, 2.45) is 11.8 Å². The number of ether oxygens (including phenoxy) is 1. The summed E-state index contributed by atoms with van der Waals surface area (Å²) in [6.07, 6.45) is 2.13. The molecular weight excluding hydrogens is 352 g/mol. The minimum atomic E-state index is -0.820. The molecule has 1 unspecified atom stereocenters. The predicted molar refractivity (Wildman–Crippen MR) is 96.6 cm³/mol. The number of aliphatic carboxylic acids is 1. The highest BCUT2D eigenvalue weighted by atomic mass is 16.6. The van der Waals surface area contributed by atoms with E-state index in [-0.39, 0.29) is 23.6 Å². The molecule has 0 spiro atoms. The van der Waals surface area contributed by atoms with E-state index in [0.717, 1.165) is 0 Å². The summed E-state index contributed by atoms with van der Waals surface area (Å²) in [5.74, 6) is -1.39. The van der Waals surface area contributed by atoms with Gasteiger partial charge in [0.2, 0.25) is 0 Å². The standard InChI is InChI=1S/C19H24N2O6/c1-2-12-3-4-14(11-16(12)21(25)26)18(22)20-8-5-13(6-9-20)17-15(19(23)24)7-10-27-17/h3-4,11,13,15,17H,2,5-10H2,1H3,(H,23,24)/t15?,17-/m0/s1. The molecule has 0 radical (unpaired) electrons. The van der Waals surface area contributed by atoms with E-state index in [1.165, 1.54) is 6.07 Å². The predicted octanol–water partition coefficient (Wildman–Crippen LogP) is 2.50. The molecule has 1 aromatic carbocycles. The average molecular weight is 376 g/mol. The van der Waals surface area contributed by atoms with Crippen molar-refractivity contribution in [3.05, 3.63) is 39.4 Å². The number of amides is 1. The van der Waals surface area contributed by atoms with E-state index in [4.69, 9.17) is 4.74 Å². The molecule has 8 heteroatoms. The smallest absolute Gasteiger partial charge is 0.309 e. The first-order valence-electron chi connectivity index (χ1n) is 9.33. The van der Waals surface area contributed by atoms with Gasteiger partial charge in [-0.15, -0.1) is 0 Å². The van der Waals surface area contributed by atoms with Crippen molar-refractivity contribution in [1.29, 1.82) is 0 Å². The van der Waals surface area contributed by atoms with E-state index in [0.29, 0.717) is 56.5 Å². The number of carboxylic acids is 1. The second-order valence-corrected chi connectivity index (χ2v) is 7.15. The molecule has 2 fully saturated rings. The molecule has 146 valence electrons. The quantitative estimate of drug-likeness (QED) is 0.624. The van der Waals surface area contributed by atoms with Gasteiger partial charge >= 0.3 is 5.97 Å². The summed E-state index contributed by atoms with van der Waals surface area (Å²) in [7, 11) is 0. The van der Waals surface area contributed by atoms with E-state index in [1.807, 2.05) is 6.92 Å². The van der Waals surface area contributed by atoms with Crippen molar-refractivity contribution in [1.82, 2.24) is 4.90 Å². The molecule has 27 heavy (non-hydrogen) atoms. The molecule has 1 aromatic rings. The van der Waals surface area contributed by atoms with Crippen molar-refractivity contribution in [3.63, 3.8) is 0 Å². The Kier molecular flexibility index (Phi) is 5.74. The van der Waals surface area contributed by atoms with E-state index in [9.17, 15) is 24.8 Å². The lowest BCUT2D eigenvalue weighted by Crippen LogP contribution is -2.43. The zero-order chi connectivity index (χ0) is 19.6. The van der Waals surface area contributed by atoms with Gasteiger partial charge in [0, 0.05) is 36.9 Å². The largest absolute Gasteiger partial charge is 0.481 e. The molecule has 0 saturated carbocycles. The highest BCUT2D eigenvalue weighted by Gasteiger charge is 2.40. The Morgan fingerprint density at radius 1 is 1.30 bits per heavy atom. The van der Waals surface area contributed by atoms with Crippen molar-refractivity contribution >= 4 is 17.6 Å². The molecule has 2 saturated heterocycles. The molecule has 2 atom stereocenters. The number of benzene rings is 1. The first-order chi connectivity index (χ1) is 12.9. The maximum absolute atomic E-state index is 12.8. The number of likely N-dealkylation sites (tertiary alicyclic amines) is 1. The van der Waals surface area contributed by atoms with Crippen LogP contribution in [0, 0.1) is 22.0 Å². The highest BCUT2D eigenvalue weighted by molar-refractivity contribution is 5.95. The second-order valence-electron chi connectivity index (χ2n) is 7.15. The Balaban J connectivity index is 1.66. The zero-order valence-corrected chi connectivity index (χ0v) is 15.3. The Hall–Kier alpha value is -2.48. The summed E-state index contributed by atoms with van der Waals surface area (Å²) in [6.45, 7) is 3.30. The average Bonchev–Trinajstić information content (AvgIpc) is 3.17. The van der Waals surface area contributed by atoms with Crippen molar-refractivity contribution in [2.45, 2.75) is 38.7 Å². The van der Waals surface area contributed by atoms with Crippen LogP contribution in [0.5, 0.6) is 0 Å². The first-order valence-corrected chi connectivity index (χ1v) is 9.33. The van der Waals surface area contributed by atoms with E-state index < -0.39 is 16.8 Å². The molecule has 2 aliphatic rings. The van der Waals surface area contributed by atoms with Crippen LogP contribution in [-0.2, 0) is 16.0 Å². The number of piperidine rings is 1. The molecule has 0 aliphatic carbocycles. The molecule has 2 heterocycles. The van der Waals surface area contributed by atoms with Gasteiger partial charge in [0.1, 0.15) is 0 Å². The van der Waals surface area contributed by atoms with Crippen molar-refractivity contribution < 1.29 is 24.4 Å². The van der Waals surface area contributed by atoms with Crippen LogP contribution in [0.1, 0.15) is 42.1 Å².